The smallest absolute Gasteiger partial charge is 0.332 e. The van der Waals surface area contributed by atoms with Crippen molar-refractivity contribution in [3.8, 4) is 11.4 Å². The first-order valence-corrected chi connectivity index (χ1v) is 11.9. The summed E-state index contributed by atoms with van der Waals surface area (Å²) in [5.41, 5.74) is -0.536. The van der Waals surface area contributed by atoms with Crippen LogP contribution in [0.2, 0.25) is 0 Å². The summed E-state index contributed by atoms with van der Waals surface area (Å²) in [7, 11) is 2.89. The minimum atomic E-state index is -0.543. The summed E-state index contributed by atoms with van der Waals surface area (Å²) in [6, 6.07) is 5.69. The van der Waals surface area contributed by atoms with Gasteiger partial charge in [0.25, 0.3) is 11.2 Å². The van der Waals surface area contributed by atoms with Crippen LogP contribution in [0.1, 0.15) is 25.7 Å². The topological polar surface area (TPSA) is 133 Å². The number of hydrogen-bond acceptors (Lipinski definition) is 8. The molecular formula is C22H24N6O5S. The quantitative estimate of drug-likeness (QED) is 0.233. The molecule has 1 saturated heterocycles. The molecule has 1 aromatic carbocycles. The van der Waals surface area contributed by atoms with Gasteiger partial charge in [-0.3, -0.25) is 28.8 Å². The van der Waals surface area contributed by atoms with Crippen LogP contribution in [-0.2, 0) is 18.9 Å². The van der Waals surface area contributed by atoms with E-state index in [-0.39, 0.29) is 39.2 Å². The molecule has 3 aromatic rings. The van der Waals surface area contributed by atoms with E-state index in [1.807, 2.05) is 4.90 Å². The number of benzene rings is 1. The van der Waals surface area contributed by atoms with Crippen LogP contribution in [0.25, 0.3) is 22.4 Å². The Morgan fingerprint density at radius 1 is 1.03 bits per heavy atom. The monoisotopic (exact) mass is 484 g/mol. The van der Waals surface area contributed by atoms with Gasteiger partial charge >= 0.3 is 5.69 Å². The zero-order valence-corrected chi connectivity index (χ0v) is 19.7. The van der Waals surface area contributed by atoms with Crippen molar-refractivity contribution in [2.24, 2.45) is 14.1 Å². The maximum Gasteiger partial charge on any atom is 0.332 e. The van der Waals surface area contributed by atoms with Crippen molar-refractivity contribution in [3.63, 3.8) is 0 Å². The molecule has 1 amide bonds. The molecule has 1 fully saturated rings. The van der Waals surface area contributed by atoms with Crippen LogP contribution in [0, 0.1) is 10.1 Å². The van der Waals surface area contributed by atoms with Crippen LogP contribution in [0.4, 0.5) is 5.69 Å². The van der Waals surface area contributed by atoms with Gasteiger partial charge in [0.05, 0.1) is 10.7 Å². The van der Waals surface area contributed by atoms with E-state index in [1.54, 1.807) is 0 Å². The Balaban J connectivity index is 1.78. The maximum atomic E-state index is 13.0. The molecule has 34 heavy (non-hydrogen) atoms. The number of non-ortho nitro benzene ring substituents is 1. The fourth-order valence-corrected chi connectivity index (χ4v) is 4.85. The van der Waals surface area contributed by atoms with E-state index in [0.29, 0.717) is 18.7 Å². The number of amides is 1. The highest BCUT2D eigenvalue weighted by molar-refractivity contribution is 8.00. The second kappa shape index (κ2) is 9.75. The van der Waals surface area contributed by atoms with Gasteiger partial charge in [0.1, 0.15) is 10.4 Å². The SMILES string of the molecule is Cn1c(=O)c2c(SCC(=O)N3CCCCCC3)nc(-c3ccc([N+](=O)[O-])cc3)nc2n(C)c1=O. The number of rotatable bonds is 5. The molecule has 0 unspecified atom stereocenters. The summed E-state index contributed by atoms with van der Waals surface area (Å²) in [5.74, 6) is 0.269. The predicted molar refractivity (Wildman–Crippen MR) is 128 cm³/mol. The largest absolute Gasteiger partial charge is 0.342 e. The molecule has 0 bridgehead atoms. The molecule has 1 aliphatic heterocycles. The van der Waals surface area contributed by atoms with Gasteiger partial charge in [0.15, 0.2) is 11.5 Å². The highest BCUT2D eigenvalue weighted by Crippen LogP contribution is 2.27. The van der Waals surface area contributed by atoms with Crippen molar-refractivity contribution in [2.45, 2.75) is 30.7 Å². The highest BCUT2D eigenvalue weighted by Gasteiger charge is 2.21. The van der Waals surface area contributed by atoms with Crippen LogP contribution >= 0.6 is 11.8 Å². The third-order valence-electron chi connectivity index (χ3n) is 5.89. The Morgan fingerprint density at radius 2 is 1.68 bits per heavy atom. The van der Waals surface area contributed by atoms with Gasteiger partial charge in [-0.15, -0.1) is 0 Å². The fourth-order valence-electron chi connectivity index (χ4n) is 3.94. The molecule has 11 nitrogen and oxygen atoms in total. The fraction of sp³-hybridized carbons (Fsp3) is 0.409. The van der Waals surface area contributed by atoms with Gasteiger partial charge in [0, 0.05) is 44.9 Å². The molecule has 4 rings (SSSR count). The lowest BCUT2D eigenvalue weighted by atomic mass is 10.2. The van der Waals surface area contributed by atoms with Crippen molar-refractivity contribution in [1.29, 1.82) is 0 Å². The summed E-state index contributed by atoms with van der Waals surface area (Å²) < 4.78 is 2.24. The van der Waals surface area contributed by atoms with Gasteiger partial charge < -0.3 is 4.90 Å². The first kappa shape index (κ1) is 23.6. The van der Waals surface area contributed by atoms with E-state index in [2.05, 4.69) is 9.97 Å². The van der Waals surface area contributed by atoms with E-state index in [1.165, 1.54) is 42.9 Å². The van der Waals surface area contributed by atoms with Crippen molar-refractivity contribution in [1.82, 2.24) is 24.0 Å². The number of nitro benzene ring substituents is 1. The van der Waals surface area contributed by atoms with Crippen molar-refractivity contribution in [3.05, 3.63) is 55.2 Å². The highest BCUT2D eigenvalue weighted by atomic mass is 32.2. The number of nitro groups is 1. The van der Waals surface area contributed by atoms with E-state index in [9.17, 15) is 24.5 Å². The molecule has 3 heterocycles. The van der Waals surface area contributed by atoms with Crippen LogP contribution in [0.15, 0.2) is 38.9 Å². The van der Waals surface area contributed by atoms with Gasteiger partial charge in [0.2, 0.25) is 5.91 Å². The number of aryl methyl sites for hydroxylation is 1. The summed E-state index contributed by atoms with van der Waals surface area (Å²) in [5, 5.41) is 11.4. The molecule has 0 atom stereocenters. The Hall–Kier alpha value is -3.54. The Morgan fingerprint density at radius 3 is 2.29 bits per heavy atom. The van der Waals surface area contributed by atoms with Crippen LogP contribution < -0.4 is 11.2 Å². The van der Waals surface area contributed by atoms with Crippen LogP contribution in [0.3, 0.4) is 0 Å². The molecule has 0 saturated carbocycles. The first-order chi connectivity index (χ1) is 16.3. The zero-order chi connectivity index (χ0) is 24.4. The molecule has 178 valence electrons. The van der Waals surface area contributed by atoms with Crippen molar-refractivity contribution < 1.29 is 9.72 Å². The third kappa shape index (κ3) is 4.58. The maximum absolute atomic E-state index is 13.0. The average Bonchev–Trinajstić information content (AvgIpc) is 3.14. The second-order valence-electron chi connectivity index (χ2n) is 8.14. The van der Waals surface area contributed by atoms with Gasteiger partial charge in [-0.05, 0) is 25.0 Å². The summed E-state index contributed by atoms with van der Waals surface area (Å²) in [6.07, 6.45) is 4.16. The second-order valence-corrected chi connectivity index (χ2v) is 9.11. The normalized spacial score (nSPS) is 14.2. The van der Waals surface area contributed by atoms with Gasteiger partial charge in [-0.1, -0.05) is 24.6 Å². The van der Waals surface area contributed by atoms with Gasteiger partial charge in [-0.2, -0.15) is 0 Å². The number of fused-ring (bicyclic) bond motifs is 1. The summed E-state index contributed by atoms with van der Waals surface area (Å²) in [4.78, 5) is 59.6. The van der Waals surface area contributed by atoms with E-state index in [0.717, 1.165) is 42.0 Å². The molecular weight excluding hydrogens is 460 g/mol. The molecule has 12 heteroatoms. The number of nitrogens with zero attached hydrogens (tertiary/aromatic N) is 6. The average molecular weight is 485 g/mol. The van der Waals surface area contributed by atoms with Crippen molar-refractivity contribution >= 4 is 34.4 Å². The Bertz CT molecular complexity index is 1370. The van der Waals surface area contributed by atoms with E-state index in [4.69, 9.17) is 0 Å². The minimum absolute atomic E-state index is 0.0304. The molecule has 0 radical (unpaired) electrons. The van der Waals surface area contributed by atoms with Crippen LogP contribution in [-0.4, -0.2) is 53.7 Å². The number of carbonyl (C=O) groups excluding carboxylic acids is 1. The zero-order valence-electron chi connectivity index (χ0n) is 18.9. The summed E-state index contributed by atoms with van der Waals surface area (Å²) >= 11 is 1.13. The number of hydrogen-bond donors (Lipinski definition) is 0. The van der Waals surface area contributed by atoms with Crippen molar-refractivity contribution in [2.75, 3.05) is 18.8 Å². The lowest BCUT2D eigenvalue weighted by molar-refractivity contribution is -0.384. The summed E-state index contributed by atoms with van der Waals surface area (Å²) in [6.45, 7) is 1.43. The molecule has 0 spiro atoms. The Kier molecular flexibility index (Phi) is 6.77. The number of aromatic nitrogens is 4. The third-order valence-corrected chi connectivity index (χ3v) is 6.85. The molecule has 1 aliphatic rings. The van der Waals surface area contributed by atoms with E-state index >= 15 is 0 Å². The van der Waals surface area contributed by atoms with Crippen LogP contribution in [0.5, 0.6) is 0 Å². The lowest BCUT2D eigenvalue weighted by Crippen LogP contribution is -2.38. The first-order valence-electron chi connectivity index (χ1n) is 10.9. The number of carbonyl (C=O) groups is 1. The molecule has 2 aromatic heterocycles. The number of likely N-dealkylation sites (tertiary alicyclic amines) is 1. The predicted octanol–water partition coefficient (Wildman–Crippen LogP) is 2.10. The molecule has 0 N–H and O–H groups in total. The van der Waals surface area contributed by atoms with E-state index < -0.39 is 16.2 Å². The molecule has 0 aliphatic carbocycles. The lowest BCUT2D eigenvalue weighted by Gasteiger charge is -2.20. The standard InChI is InChI=1S/C22H24N6O5S/c1-25-19-17(21(30)26(2)22(25)31)20(34-13-16(29)27-11-5-3-4-6-12-27)24-18(23-19)14-7-9-15(10-8-14)28(32)33/h7-10H,3-6,11-13H2,1-2H3. The minimum Gasteiger partial charge on any atom is -0.342 e. The van der Waals surface area contributed by atoms with Gasteiger partial charge in [-0.25, -0.2) is 14.8 Å². The Labute approximate surface area is 198 Å². The number of thioether (sulfide) groups is 1.